The van der Waals surface area contributed by atoms with Gasteiger partial charge in [-0.2, -0.15) is 0 Å². The van der Waals surface area contributed by atoms with Crippen LogP contribution in [0.25, 0.3) is 0 Å². The minimum Gasteiger partial charge on any atom is -0.497 e. The molecule has 1 saturated heterocycles. The van der Waals surface area contributed by atoms with Gasteiger partial charge in [-0.15, -0.1) is 0 Å². The summed E-state index contributed by atoms with van der Waals surface area (Å²) in [4.78, 5) is 6.49. The van der Waals surface area contributed by atoms with Crippen molar-refractivity contribution in [3.63, 3.8) is 0 Å². The van der Waals surface area contributed by atoms with E-state index in [0.29, 0.717) is 17.1 Å². The number of likely N-dealkylation sites (tertiary alicyclic amines) is 1. The average Bonchev–Trinajstić information content (AvgIpc) is 3.10. The fraction of sp³-hybridized carbons (Fsp3) is 0.471. The van der Waals surface area contributed by atoms with Crippen LogP contribution in [0.15, 0.2) is 34.7 Å². The molecular formula is C17H24N4O3S2. The Balaban J connectivity index is 1.72. The zero-order chi connectivity index (χ0) is 18.7. The maximum absolute atomic E-state index is 11.4. The van der Waals surface area contributed by atoms with Crippen LogP contribution in [-0.4, -0.2) is 45.5 Å². The molecule has 7 nitrogen and oxygen atoms in total. The number of thiazole rings is 1. The Morgan fingerprint density at radius 2 is 2.12 bits per heavy atom. The van der Waals surface area contributed by atoms with Crippen molar-refractivity contribution in [2.45, 2.75) is 23.1 Å². The molecule has 0 aliphatic carbocycles. The first-order valence-corrected chi connectivity index (χ1v) is 10.8. The highest BCUT2D eigenvalue weighted by atomic mass is 32.2. The van der Waals surface area contributed by atoms with E-state index in [0.717, 1.165) is 43.0 Å². The molecule has 142 valence electrons. The monoisotopic (exact) mass is 396 g/mol. The number of ether oxygens (including phenoxy) is 1. The molecule has 1 aromatic heterocycles. The van der Waals surface area contributed by atoms with E-state index < -0.39 is 10.0 Å². The zero-order valence-electron chi connectivity index (χ0n) is 14.9. The van der Waals surface area contributed by atoms with E-state index in [4.69, 9.17) is 9.88 Å². The van der Waals surface area contributed by atoms with Gasteiger partial charge in [0.25, 0.3) is 0 Å². The second-order valence-corrected chi connectivity index (χ2v) is 9.33. The molecule has 2 atom stereocenters. The minimum atomic E-state index is -3.70. The van der Waals surface area contributed by atoms with Crippen LogP contribution in [0, 0.1) is 5.92 Å². The summed E-state index contributed by atoms with van der Waals surface area (Å²) in [5.74, 6) is 1.24. The van der Waals surface area contributed by atoms with E-state index in [2.05, 4.69) is 34.4 Å². The third-order valence-electron chi connectivity index (χ3n) is 4.74. The highest BCUT2D eigenvalue weighted by Crippen LogP contribution is 2.36. The molecule has 0 bridgehead atoms. The van der Waals surface area contributed by atoms with E-state index in [9.17, 15) is 8.42 Å². The minimum absolute atomic E-state index is 0.0764. The number of methoxy groups -OCH3 is 1. The van der Waals surface area contributed by atoms with Crippen molar-refractivity contribution in [3.05, 3.63) is 36.0 Å². The van der Waals surface area contributed by atoms with Crippen molar-refractivity contribution in [3.8, 4) is 5.75 Å². The van der Waals surface area contributed by atoms with Crippen LogP contribution in [0.5, 0.6) is 5.75 Å². The summed E-state index contributed by atoms with van der Waals surface area (Å²) in [6.07, 6.45) is 3.54. The number of hydrogen-bond acceptors (Lipinski definition) is 7. The quantitative estimate of drug-likeness (QED) is 0.777. The van der Waals surface area contributed by atoms with Crippen LogP contribution >= 0.6 is 11.3 Å². The van der Waals surface area contributed by atoms with Gasteiger partial charge in [0, 0.05) is 12.6 Å². The fourth-order valence-corrected chi connectivity index (χ4v) is 4.95. The Labute approximate surface area is 158 Å². The van der Waals surface area contributed by atoms with Crippen LogP contribution in [0.2, 0.25) is 0 Å². The number of nitrogens with two attached hydrogens (primary N) is 1. The summed E-state index contributed by atoms with van der Waals surface area (Å²) in [7, 11) is 0.109. The van der Waals surface area contributed by atoms with Crippen molar-refractivity contribution in [1.29, 1.82) is 0 Å². The molecule has 1 aromatic carbocycles. The van der Waals surface area contributed by atoms with Gasteiger partial charge in [0.2, 0.25) is 10.0 Å². The number of hydrogen-bond donors (Lipinski definition) is 2. The van der Waals surface area contributed by atoms with Gasteiger partial charge in [-0.05, 0) is 50.0 Å². The molecule has 26 heavy (non-hydrogen) atoms. The van der Waals surface area contributed by atoms with Crippen LogP contribution in [0.3, 0.4) is 0 Å². The molecule has 2 heterocycles. The summed E-state index contributed by atoms with van der Waals surface area (Å²) in [6, 6.07) is 8.49. The number of sulfonamides is 1. The molecule has 0 saturated carbocycles. The molecule has 3 N–H and O–H groups in total. The topological polar surface area (TPSA) is 97.5 Å². The molecular weight excluding hydrogens is 372 g/mol. The SMILES string of the molecule is COc1ccc(C2C(CNc3ncc(S(N)(=O)=O)s3)CCCN2C)cc1. The zero-order valence-corrected chi connectivity index (χ0v) is 16.5. The smallest absolute Gasteiger partial charge is 0.249 e. The van der Waals surface area contributed by atoms with Gasteiger partial charge in [0.1, 0.15) is 5.75 Å². The average molecular weight is 397 g/mol. The summed E-state index contributed by atoms with van der Waals surface area (Å²) < 4.78 is 28.1. The highest BCUT2D eigenvalue weighted by molar-refractivity contribution is 7.91. The summed E-state index contributed by atoms with van der Waals surface area (Å²) >= 11 is 1.07. The Bertz CT molecular complexity index is 836. The van der Waals surface area contributed by atoms with Gasteiger partial charge in [0.05, 0.1) is 13.3 Å². The van der Waals surface area contributed by atoms with E-state index in [1.165, 1.54) is 11.8 Å². The Morgan fingerprint density at radius 1 is 1.38 bits per heavy atom. The van der Waals surface area contributed by atoms with E-state index in [1.807, 2.05) is 12.1 Å². The van der Waals surface area contributed by atoms with Crippen LogP contribution in [-0.2, 0) is 10.0 Å². The largest absolute Gasteiger partial charge is 0.497 e. The van der Waals surface area contributed by atoms with Crippen LogP contribution < -0.4 is 15.2 Å². The maximum Gasteiger partial charge on any atom is 0.249 e. The van der Waals surface area contributed by atoms with E-state index in [1.54, 1.807) is 7.11 Å². The maximum atomic E-state index is 11.4. The normalized spacial score (nSPS) is 21.5. The van der Waals surface area contributed by atoms with Crippen LogP contribution in [0.4, 0.5) is 5.13 Å². The lowest BCUT2D eigenvalue weighted by molar-refractivity contribution is 0.128. The lowest BCUT2D eigenvalue weighted by Gasteiger charge is -2.39. The number of benzene rings is 1. The molecule has 0 amide bonds. The van der Waals surface area contributed by atoms with Gasteiger partial charge in [-0.3, -0.25) is 4.90 Å². The molecule has 2 unspecified atom stereocenters. The highest BCUT2D eigenvalue weighted by Gasteiger charge is 2.30. The van der Waals surface area contributed by atoms with Crippen molar-refractivity contribution in [1.82, 2.24) is 9.88 Å². The fourth-order valence-electron chi connectivity index (χ4n) is 3.49. The molecule has 9 heteroatoms. The molecule has 0 spiro atoms. The molecule has 1 aliphatic rings. The van der Waals surface area contributed by atoms with Gasteiger partial charge in [-0.25, -0.2) is 18.5 Å². The van der Waals surface area contributed by atoms with Gasteiger partial charge in [-0.1, -0.05) is 23.5 Å². The first-order chi connectivity index (χ1) is 12.4. The Hall–Kier alpha value is -1.68. The third kappa shape index (κ3) is 4.35. The van der Waals surface area contributed by atoms with Crippen molar-refractivity contribution < 1.29 is 13.2 Å². The summed E-state index contributed by atoms with van der Waals surface area (Å²) in [5, 5.41) is 9.01. The summed E-state index contributed by atoms with van der Waals surface area (Å²) in [6.45, 7) is 1.78. The Morgan fingerprint density at radius 3 is 2.73 bits per heavy atom. The first-order valence-electron chi connectivity index (χ1n) is 8.45. The third-order valence-corrected chi connectivity index (χ3v) is 7.11. The second kappa shape index (κ2) is 7.91. The van der Waals surface area contributed by atoms with Crippen LogP contribution in [0.1, 0.15) is 24.4 Å². The lowest BCUT2D eigenvalue weighted by atomic mass is 9.85. The standard InChI is InChI=1S/C17H24N4O3S2/c1-21-9-3-4-13(16(21)12-5-7-14(24-2)8-6-12)10-19-17-20-11-15(25-17)26(18,22)23/h5-8,11,13,16H,3-4,9-10H2,1-2H3,(H,19,20)(H2,18,22,23). The van der Waals surface area contributed by atoms with Crippen molar-refractivity contribution in [2.75, 3.05) is 32.6 Å². The molecule has 3 rings (SSSR count). The van der Waals surface area contributed by atoms with E-state index in [-0.39, 0.29) is 4.21 Å². The second-order valence-electron chi connectivity index (χ2n) is 6.51. The number of aromatic nitrogens is 1. The number of anilines is 1. The summed E-state index contributed by atoms with van der Waals surface area (Å²) in [5.41, 5.74) is 1.25. The molecule has 0 radical (unpaired) electrons. The predicted molar refractivity (Wildman–Crippen MR) is 103 cm³/mol. The van der Waals surface area contributed by atoms with Gasteiger partial charge in [0.15, 0.2) is 9.34 Å². The molecule has 2 aromatic rings. The van der Waals surface area contributed by atoms with Crippen molar-refractivity contribution in [2.24, 2.45) is 11.1 Å². The van der Waals surface area contributed by atoms with Crippen molar-refractivity contribution >= 4 is 26.5 Å². The predicted octanol–water partition coefficient (Wildman–Crippen LogP) is 2.29. The van der Waals surface area contributed by atoms with Gasteiger partial charge < -0.3 is 10.1 Å². The number of piperidine rings is 1. The van der Waals surface area contributed by atoms with Gasteiger partial charge >= 0.3 is 0 Å². The van der Waals surface area contributed by atoms with E-state index >= 15 is 0 Å². The number of nitrogens with zero attached hydrogens (tertiary/aromatic N) is 2. The number of primary sulfonamides is 1. The molecule has 1 aliphatic heterocycles. The first kappa shape index (κ1) is 19.1. The molecule has 1 fully saturated rings. The number of rotatable bonds is 6. The Kier molecular flexibility index (Phi) is 5.81. The number of nitrogens with one attached hydrogen (secondary N) is 1. The lowest BCUT2D eigenvalue weighted by Crippen LogP contribution is -2.38.